The van der Waals surface area contributed by atoms with Crippen LogP contribution in [0.15, 0.2) is 84.9 Å². The number of hydrogen-bond donors (Lipinski definition) is 0. The Morgan fingerprint density at radius 1 is 0.545 bits per heavy atom. The maximum Gasteiger partial charge on any atom is 0.134 e. The smallest absolute Gasteiger partial charge is 0.134 e. The maximum absolute atomic E-state index is 6.51. The van der Waals surface area contributed by atoms with Crippen molar-refractivity contribution in [3.05, 3.63) is 118 Å². The number of benzene rings is 4. The van der Waals surface area contributed by atoms with Gasteiger partial charge in [-0.3, -0.25) is 0 Å². The molecule has 0 amide bonds. The molecule has 0 N–H and O–H groups in total. The molecule has 2 aliphatic rings. The quantitative estimate of drug-likeness (QED) is 0.345. The summed E-state index contributed by atoms with van der Waals surface area (Å²) in [4.78, 5) is 0. The molecule has 164 valence electrons. The highest BCUT2D eigenvalue weighted by atomic mass is 16.5. The van der Waals surface area contributed by atoms with Gasteiger partial charge in [-0.05, 0) is 34.4 Å². The van der Waals surface area contributed by atoms with E-state index in [0.29, 0.717) is 13.2 Å². The van der Waals surface area contributed by atoms with Crippen LogP contribution in [0.5, 0.6) is 23.0 Å². The summed E-state index contributed by atoms with van der Waals surface area (Å²) >= 11 is 0. The Balaban J connectivity index is 1.29. The van der Waals surface area contributed by atoms with E-state index in [0.717, 1.165) is 48.7 Å². The predicted octanol–water partition coefficient (Wildman–Crippen LogP) is 6.53. The lowest BCUT2D eigenvalue weighted by Crippen LogP contribution is -1.97. The van der Waals surface area contributed by atoms with Crippen molar-refractivity contribution < 1.29 is 14.2 Å². The van der Waals surface area contributed by atoms with Crippen molar-refractivity contribution in [2.45, 2.75) is 25.7 Å². The van der Waals surface area contributed by atoms with Gasteiger partial charge in [-0.2, -0.15) is 0 Å². The van der Waals surface area contributed by atoms with Crippen LogP contribution < -0.4 is 14.2 Å². The molecule has 3 nitrogen and oxygen atoms in total. The summed E-state index contributed by atoms with van der Waals surface area (Å²) in [5.41, 5.74) is 7.34. The number of ether oxygens (including phenoxy) is 3. The van der Waals surface area contributed by atoms with Crippen LogP contribution in [0.4, 0.5) is 0 Å². The van der Waals surface area contributed by atoms with E-state index in [1.807, 2.05) is 0 Å². The van der Waals surface area contributed by atoms with Gasteiger partial charge in [-0.25, -0.2) is 0 Å². The zero-order valence-corrected chi connectivity index (χ0v) is 18.6. The monoisotopic (exact) mass is 434 g/mol. The van der Waals surface area contributed by atoms with E-state index in [9.17, 15) is 0 Å². The van der Waals surface area contributed by atoms with Gasteiger partial charge in [0.2, 0.25) is 0 Å². The van der Waals surface area contributed by atoms with E-state index in [1.165, 1.54) is 33.4 Å². The second kappa shape index (κ2) is 8.67. The summed E-state index contributed by atoms with van der Waals surface area (Å²) in [6.45, 7) is 1.41. The lowest BCUT2D eigenvalue weighted by atomic mass is 9.99. The topological polar surface area (TPSA) is 27.7 Å². The normalized spacial score (nSPS) is 13.7. The van der Waals surface area contributed by atoms with Gasteiger partial charge in [0.05, 0.1) is 13.2 Å². The van der Waals surface area contributed by atoms with Crippen LogP contribution in [-0.4, -0.2) is 13.2 Å². The van der Waals surface area contributed by atoms with Crippen LogP contribution in [0, 0.1) is 0 Å². The van der Waals surface area contributed by atoms with E-state index in [4.69, 9.17) is 14.2 Å². The number of rotatable bonds is 6. The lowest BCUT2D eigenvalue weighted by molar-refractivity contribution is 0.354. The second-order valence-corrected chi connectivity index (χ2v) is 8.68. The molecule has 33 heavy (non-hydrogen) atoms. The van der Waals surface area contributed by atoms with Crippen LogP contribution in [0.3, 0.4) is 0 Å². The van der Waals surface area contributed by atoms with E-state index in [2.05, 4.69) is 84.9 Å². The first kappa shape index (κ1) is 19.9. The summed E-state index contributed by atoms with van der Waals surface area (Å²) in [5.74, 6) is 3.77. The fourth-order valence-corrected chi connectivity index (χ4v) is 4.88. The van der Waals surface area contributed by atoms with Crippen molar-refractivity contribution in [1.82, 2.24) is 0 Å². The highest BCUT2D eigenvalue weighted by Crippen LogP contribution is 2.43. The number of hydrogen-bond acceptors (Lipinski definition) is 3. The van der Waals surface area contributed by atoms with Crippen molar-refractivity contribution >= 4 is 0 Å². The third kappa shape index (κ3) is 3.95. The molecule has 0 radical (unpaired) electrons. The molecule has 0 saturated carbocycles. The van der Waals surface area contributed by atoms with Crippen molar-refractivity contribution in [2.24, 2.45) is 0 Å². The molecule has 0 spiro atoms. The molecule has 0 fully saturated rings. The van der Waals surface area contributed by atoms with Crippen molar-refractivity contribution in [2.75, 3.05) is 13.2 Å². The Morgan fingerprint density at radius 3 is 1.45 bits per heavy atom. The molecule has 0 aliphatic carbocycles. The first-order chi connectivity index (χ1) is 16.3. The molecular formula is C30H26O3. The zero-order chi connectivity index (χ0) is 22.0. The zero-order valence-electron chi connectivity index (χ0n) is 18.6. The molecule has 2 heterocycles. The van der Waals surface area contributed by atoms with Gasteiger partial charge in [-0.15, -0.1) is 0 Å². The average Bonchev–Trinajstić information content (AvgIpc) is 3.54. The van der Waals surface area contributed by atoms with E-state index in [1.54, 1.807) is 0 Å². The maximum atomic E-state index is 6.51. The average molecular weight is 435 g/mol. The fraction of sp³-hybridized carbons (Fsp3) is 0.200. The van der Waals surface area contributed by atoms with Crippen molar-refractivity contribution in [3.8, 4) is 23.0 Å². The minimum absolute atomic E-state index is 0.703. The molecule has 4 aromatic rings. The Kier molecular flexibility index (Phi) is 5.23. The lowest BCUT2D eigenvalue weighted by Gasteiger charge is -2.16. The SMILES string of the molecule is c1ccc(Cc2ccc(Oc3ccc(Cc4ccccc4)c4c3CCO4)c3c2OCC3)cc1. The minimum atomic E-state index is 0.703. The molecule has 0 aromatic heterocycles. The molecule has 0 saturated heterocycles. The molecule has 3 heteroatoms. The standard InChI is InChI=1S/C30H26O3/c1-3-7-21(8-4-1)19-23-11-13-27(25-15-17-31-29(23)25)33-28-14-12-24(30-26(28)16-18-32-30)20-22-9-5-2-6-10-22/h1-14H,15-20H2. The molecule has 0 bridgehead atoms. The van der Waals surface area contributed by atoms with Crippen molar-refractivity contribution in [3.63, 3.8) is 0 Å². The largest absolute Gasteiger partial charge is 0.493 e. The van der Waals surface area contributed by atoms with Gasteiger partial charge in [0, 0.05) is 36.8 Å². The van der Waals surface area contributed by atoms with Gasteiger partial charge in [0.1, 0.15) is 23.0 Å². The Hall–Kier alpha value is -3.72. The third-order valence-electron chi connectivity index (χ3n) is 6.49. The Morgan fingerprint density at radius 2 is 1.00 bits per heavy atom. The van der Waals surface area contributed by atoms with E-state index in [-0.39, 0.29) is 0 Å². The minimum Gasteiger partial charge on any atom is -0.493 e. The van der Waals surface area contributed by atoms with Crippen LogP contribution >= 0.6 is 0 Å². The van der Waals surface area contributed by atoms with Crippen LogP contribution in [0.1, 0.15) is 33.4 Å². The molecular weight excluding hydrogens is 408 g/mol. The molecule has 2 aliphatic heterocycles. The molecule has 4 aromatic carbocycles. The van der Waals surface area contributed by atoms with Crippen LogP contribution in [0.25, 0.3) is 0 Å². The fourth-order valence-electron chi connectivity index (χ4n) is 4.88. The third-order valence-corrected chi connectivity index (χ3v) is 6.49. The highest BCUT2D eigenvalue weighted by Gasteiger charge is 2.25. The highest BCUT2D eigenvalue weighted by molar-refractivity contribution is 5.58. The predicted molar refractivity (Wildman–Crippen MR) is 130 cm³/mol. The van der Waals surface area contributed by atoms with Gasteiger partial charge >= 0.3 is 0 Å². The van der Waals surface area contributed by atoms with E-state index < -0.39 is 0 Å². The van der Waals surface area contributed by atoms with Crippen LogP contribution in [0.2, 0.25) is 0 Å². The summed E-state index contributed by atoms with van der Waals surface area (Å²) in [5, 5.41) is 0. The Labute approximate surface area is 194 Å². The first-order valence-corrected chi connectivity index (χ1v) is 11.7. The number of fused-ring (bicyclic) bond motifs is 2. The first-order valence-electron chi connectivity index (χ1n) is 11.7. The molecule has 0 unspecified atom stereocenters. The summed E-state index contributed by atoms with van der Waals surface area (Å²) in [6, 6.07) is 29.6. The van der Waals surface area contributed by atoms with Crippen LogP contribution in [-0.2, 0) is 25.7 Å². The summed E-state index contributed by atoms with van der Waals surface area (Å²) < 4.78 is 18.6. The van der Waals surface area contributed by atoms with Gasteiger partial charge < -0.3 is 14.2 Å². The molecule has 0 atom stereocenters. The van der Waals surface area contributed by atoms with Gasteiger partial charge in [-0.1, -0.05) is 72.8 Å². The van der Waals surface area contributed by atoms with Gasteiger partial charge in [0.25, 0.3) is 0 Å². The Bertz CT molecular complexity index is 1180. The van der Waals surface area contributed by atoms with Crippen molar-refractivity contribution in [1.29, 1.82) is 0 Å². The van der Waals surface area contributed by atoms with E-state index >= 15 is 0 Å². The second-order valence-electron chi connectivity index (χ2n) is 8.68. The summed E-state index contributed by atoms with van der Waals surface area (Å²) in [7, 11) is 0. The van der Waals surface area contributed by atoms with Gasteiger partial charge in [0.15, 0.2) is 0 Å². The molecule has 6 rings (SSSR count). The summed E-state index contributed by atoms with van der Waals surface area (Å²) in [6.07, 6.45) is 3.47.